The molecule has 0 unspecified atom stereocenters. The first-order valence-corrected chi connectivity index (χ1v) is 24.5. The maximum absolute atomic E-state index is 13.2. The van der Waals surface area contributed by atoms with E-state index in [0.717, 1.165) is 13.8 Å². The molecule has 2 amide bonds. The predicted molar refractivity (Wildman–Crippen MR) is 240 cm³/mol. The largest absolute Gasteiger partial charge is 0.477 e. The molecular weight excluding hydrogens is 1070 g/mol. The second-order valence-electron chi connectivity index (χ2n) is 19.4. The fourth-order valence-electron chi connectivity index (χ4n) is 9.56. The van der Waals surface area contributed by atoms with Gasteiger partial charge in [0.05, 0.1) is 57.9 Å². The molecule has 5 fully saturated rings. The summed E-state index contributed by atoms with van der Waals surface area (Å²) >= 11 is 0. The molecule has 0 aromatic carbocycles. The lowest BCUT2D eigenvalue weighted by atomic mass is 9.88. The molecule has 0 aromatic heterocycles. The fraction of sp³-hybridized carbons (Fsp3) is 0.930. The van der Waals surface area contributed by atoms with Gasteiger partial charge >= 0.3 is 5.97 Å². The van der Waals surface area contributed by atoms with Crippen molar-refractivity contribution >= 4 is 17.8 Å². The minimum absolute atomic E-state index is 0.853. The molecule has 0 radical (unpaired) electrons. The Balaban J connectivity index is 1.60. The molecule has 22 N–H and O–H groups in total. The number of carboxylic acids is 1. The zero-order chi connectivity index (χ0) is 58.4. The lowest BCUT2D eigenvalue weighted by Gasteiger charge is -2.52. The number of hydrogen-bond acceptors (Lipinski definition) is 32. The molecular formula is C43H74N2O33. The van der Waals surface area contributed by atoms with Crippen LogP contribution in [0, 0.1) is 0 Å². The van der Waals surface area contributed by atoms with Crippen LogP contribution in [0.5, 0.6) is 0 Å². The lowest BCUT2D eigenvalue weighted by molar-refractivity contribution is -0.397. The first-order valence-electron chi connectivity index (χ1n) is 24.5. The van der Waals surface area contributed by atoms with Crippen LogP contribution in [0.2, 0.25) is 0 Å². The van der Waals surface area contributed by atoms with Crippen LogP contribution in [0.15, 0.2) is 0 Å². The third-order valence-corrected chi connectivity index (χ3v) is 13.8. The smallest absolute Gasteiger partial charge is 0.364 e. The van der Waals surface area contributed by atoms with Crippen molar-refractivity contribution in [3.05, 3.63) is 0 Å². The number of aliphatic hydroxyl groups excluding tert-OH is 19. The van der Waals surface area contributed by atoms with Gasteiger partial charge in [-0.2, -0.15) is 0 Å². The quantitative estimate of drug-likeness (QED) is 0.0427. The maximum atomic E-state index is 13.2. The molecule has 78 heavy (non-hydrogen) atoms. The average Bonchev–Trinajstić information content (AvgIpc) is 3.41. The fourth-order valence-corrected chi connectivity index (χ4v) is 9.56. The van der Waals surface area contributed by atoms with Gasteiger partial charge in [0.15, 0.2) is 25.2 Å². The standard InChI is InChI=1S/C43H74N2O33/c1-11-23(58)28(63)29(64)39(69-11)74-33-20(10-51)72-38(76-36-26(61)18(8-49)70-40(30(36)65)73-32(17(57)7-48)24(59)15(55)5-46)22(45-13(3)53)35(33)75-41-31(66)37(27(62)19(9-50)71-41)78-43(42(67)68)4-14(54)21(44-12(2)52)34(77-43)25(60)16(56)6-47/h11,14-41,46-51,54-66H,4-10H2,1-3H3,(H,44,52)(H,45,53)(H,67,68)/t11-,14-,15-,16+,17+,18+,19+,20+,21+,22+,23+,24+,25+,26-,27-,28+,29-,30+,31+,32+,33+,34+,35+,36-,37-,38-,39-,40-,41-,43-/m0/s1. The van der Waals surface area contributed by atoms with Gasteiger partial charge in [0, 0.05) is 20.3 Å². The Kier molecular flexibility index (Phi) is 24.1. The summed E-state index contributed by atoms with van der Waals surface area (Å²) in [6.07, 6.45) is -57.9. The van der Waals surface area contributed by atoms with Gasteiger partial charge in [-0.15, -0.1) is 0 Å². The number of aliphatic hydroxyl groups is 19. The van der Waals surface area contributed by atoms with E-state index in [1.54, 1.807) is 0 Å². The zero-order valence-corrected chi connectivity index (χ0v) is 41.9. The number of carboxylic acid groups (broad SMARTS) is 1. The van der Waals surface area contributed by atoms with Gasteiger partial charge in [-0.1, -0.05) is 0 Å². The van der Waals surface area contributed by atoms with Crippen molar-refractivity contribution in [1.82, 2.24) is 10.6 Å². The monoisotopic (exact) mass is 1150 g/mol. The number of amides is 2. The molecule has 0 spiro atoms. The van der Waals surface area contributed by atoms with E-state index in [-0.39, 0.29) is 0 Å². The highest BCUT2D eigenvalue weighted by Crippen LogP contribution is 2.40. The van der Waals surface area contributed by atoms with Crippen molar-refractivity contribution in [2.24, 2.45) is 0 Å². The molecule has 5 aliphatic heterocycles. The van der Waals surface area contributed by atoms with Crippen molar-refractivity contribution < 1.29 is 164 Å². The second kappa shape index (κ2) is 28.5. The lowest BCUT2D eigenvalue weighted by Crippen LogP contribution is -2.72. The summed E-state index contributed by atoms with van der Waals surface area (Å²) in [5.74, 6) is -7.26. The van der Waals surface area contributed by atoms with E-state index < -0.39 is 247 Å². The van der Waals surface area contributed by atoms with Crippen molar-refractivity contribution in [3.8, 4) is 0 Å². The Labute approximate surface area is 442 Å². The Hall–Kier alpha value is -2.75. The van der Waals surface area contributed by atoms with Crippen LogP contribution in [0.4, 0.5) is 0 Å². The number of nitrogens with one attached hydrogen (secondary N) is 2. The molecule has 30 atom stereocenters. The summed E-state index contributed by atoms with van der Waals surface area (Å²) in [6, 6.07) is -3.73. The highest BCUT2D eigenvalue weighted by Gasteiger charge is 2.62. The Morgan fingerprint density at radius 3 is 1.58 bits per heavy atom. The third-order valence-electron chi connectivity index (χ3n) is 13.8. The van der Waals surface area contributed by atoms with Crippen LogP contribution in [-0.4, -0.2) is 343 Å². The van der Waals surface area contributed by atoms with Gasteiger partial charge in [0.1, 0.15) is 134 Å². The number of ether oxygens (including phenoxy) is 10. The molecule has 0 saturated carbocycles. The van der Waals surface area contributed by atoms with E-state index in [2.05, 4.69) is 10.6 Å². The first kappa shape index (κ1) is 66.1. The summed E-state index contributed by atoms with van der Waals surface area (Å²) in [5, 5.41) is 218. The van der Waals surface area contributed by atoms with E-state index >= 15 is 0 Å². The van der Waals surface area contributed by atoms with E-state index in [0.29, 0.717) is 0 Å². The molecule has 454 valence electrons. The van der Waals surface area contributed by atoms with Gasteiger partial charge in [-0.05, 0) is 6.92 Å². The molecule has 5 aliphatic rings. The van der Waals surface area contributed by atoms with E-state index in [4.69, 9.17) is 47.4 Å². The van der Waals surface area contributed by atoms with Crippen LogP contribution in [-0.2, 0) is 61.8 Å². The molecule has 35 nitrogen and oxygen atoms in total. The number of hydrogen-bond donors (Lipinski definition) is 22. The van der Waals surface area contributed by atoms with Gasteiger partial charge < -0.3 is 160 Å². The first-order chi connectivity index (χ1) is 36.6. The molecule has 0 bridgehead atoms. The molecule has 5 heterocycles. The minimum Gasteiger partial charge on any atom is -0.477 e. The van der Waals surface area contributed by atoms with Crippen LogP contribution < -0.4 is 10.6 Å². The summed E-state index contributed by atoms with van der Waals surface area (Å²) in [4.78, 5) is 38.5. The van der Waals surface area contributed by atoms with Crippen molar-refractivity contribution in [2.75, 3.05) is 39.6 Å². The zero-order valence-electron chi connectivity index (χ0n) is 41.9. The minimum atomic E-state index is -3.28. The molecule has 35 heteroatoms. The highest BCUT2D eigenvalue weighted by molar-refractivity contribution is 5.76. The number of rotatable bonds is 24. The van der Waals surface area contributed by atoms with Gasteiger partial charge in [0.25, 0.3) is 5.79 Å². The second-order valence-corrected chi connectivity index (χ2v) is 19.4. The van der Waals surface area contributed by atoms with E-state index in [9.17, 15) is 117 Å². The molecule has 5 saturated heterocycles. The number of carbonyl (C=O) groups excluding carboxylic acids is 2. The number of carbonyl (C=O) groups is 3. The summed E-state index contributed by atoms with van der Waals surface area (Å²) in [6.45, 7) is -3.79. The van der Waals surface area contributed by atoms with E-state index in [1.807, 2.05) is 0 Å². The summed E-state index contributed by atoms with van der Waals surface area (Å²) < 4.78 is 58.2. The molecule has 5 rings (SSSR count). The van der Waals surface area contributed by atoms with Crippen molar-refractivity contribution in [1.29, 1.82) is 0 Å². The van der Waals surface area contributed by atoms with Crippen molar-refractivity contribution in [3.63, 3.8) is 0 Å². The molecule has 0 aliphatic carbocycles. The van der Waals surface area contributed by atoms with Gasteiger partial charge in [-0.25, -0.2) is 4.79 Å². The SMILES string of the molecule is CC(=O)N[C@H]1[C@H](O[C@H]2[C@@H](O)[C@@H](CO)O[C@@H](O[C@@H]([C@H](O)[C@@H](O)CO)[C@H](O)CO)[C@@H]2O)O[C@H](CO)[C@@H](O[C@@H]2O[C@@H](C)[C@@H](O)[C@@H](O)[C@@H]2O)[C@@H]1O[C@@H]1O[C@H](CO)[C@H](O)[C@H](O[C@]2(C(=O)O)C[C@H](O)[C@@H](NC(C)=O)[C@H]([C@H](O)[C@H](O)CO)O2)[C@H]1O. The van der Waals surface area contributed by atoms with Gasteiger partial charge in [-0.3, -0.25) is 9.59 Å². The topological polar surface area (TPSA) is 572 Å². The molecule has 0 aromatic rings. The highest BCUT2D eigenvalue weighted by atomic mass is 16.8. The van der Waals surface area contributed by atoms with Gasteiger partial charge in [0.2, 0.25) is 11.8 Å². The number of aliphatic carboxylic acids is 1. The van der Waals surface area contributed by atoms with Crippen molar-refractivity contribution in [2.45, 2.75) is 211 Å². The van der Waals surface area contributed by atoms with E-state index in [1.165, 1.54) is 6.92 Å². The van der Waals surface area contributed by atoms with Crippen LogP contribution in [0.25, 0.3) is 0 Å². The normalized spacial score (nSPS) is 43.8. The summed E-state index contributed by atoms with van der Waals surface area (Å²) in [7, 11) is 0. The average molecular weight is 1150 g/mol. The van der Waals surface area contributed by atoms with Crippen LogP contribution in [0.3, 0.4) is 0 Å². The Bertz CT molecular complexity index is 1900. The maximum Gasteiger partial charge on any atom is 0.364 e. The summed E-state index contributed by atoms with van der Waals surface area (Å²) in [5.41, 5.74) is 0. The Morgan fingerprint density at radius 2 is 1.04 bits per heavy atom. The third kappa shape index (κ3) is 14.5. The van der Waals surface area contributed by atoms with Crippen LogP contribution >= 0.6 is 0 Å². The predicted octanol–water partition coefficient (Wildman–Crippen LogP) is -13.9. The van der Waals surface area contributed by atoms with Crippen LogP contribution in [0.1, 0.15) is 27.2 Å². The Morgan fingerprint density at radius 1 is 0.551 bits per heavy atom.